The average molecular weight is 373 g/mol. The smallest absolute Gasteiger partial charge is 0.338 e. The number of hydrogen-bond acceptors (Lipinski definition) is 6. The van der Waals surface area contributed by atoms with Crippen LogP contribution in [0.1, 0.15) is 22.8 Å². The van der Waals surface area contributed by atoms with Crippen LogP contribution in [0.15, 0.2) is 61.1 Å². The highest BCUT2D eigenvalue weighted by molar-refractivity contribution is 5.91. The Hall–Kier alpha value is -3.74. The zero-order valence-electron chi connectivity index (χ0n) is 15.6. The Kier molecular flexibility index (Phi) is 4.72. The number of aromatic nitrogens is 4. The molecule has 2 aromatic heterocycles. The second kappa shape index (κ2) is 7.48. The predicted octanol–water partition coefficient (Wildman–Crippen LogP) is 4.04. The van der Waals surface area contributed by atoms with Crippen molar-refractivity contribution in [1.82, 2.24) is 19.7 Å². The molecule has 0 amide bonds. The molecule has 0 spiro atoms. The third kappa shape index (κ3) is 3.42. The molecule has 7 heteroatoms. The molecule has 4 aromatic rings. The fraction of sp³-hybridized carbons (Fsp3) is 0.143. The largest absolute Gasteiger partial charge is 0.462 e. The molecule has 1 N–H and O–H groups in total. The van der Waals surface area contributed by atoms with Crippen LogP contribution in [-0.2, 0) is 4.74 Å². The number of hydrogen-bond donors (Lipinski definition) is 1. The number of fused-ring (bicyclic) bond motifs is 1. The van der Waals surface area contributed by atoms with Gasteiger partial charge in [-0.2, -0.15) is 5.10 Å². The van der Waals surface area contributed by atoms with E-state index in [2.05, 4.69) is 26.4 Å². The molecule has 0 saturated carbocycles. The lowest BCUT2D eigenvalue weighted by molar-refractivity contribution is 0.0526. The number of rotatable bonds is 5. The second-order valence-electron chi connectivity index (χ2n) is 6.28. The molecule has 28 heavy (non-hydrogen) atoms. The predicted molar refractivity (Wildman–Crippen MR) is 107 cm³/mol. The van der Waals surface area contributed by atoms with E-state index >= 15 is 0 Å². The van der Waals surface area contributed by atoms with Gasteiger partial charge in [-0.3, -0.25) is 0 Å². The molecule has 0 aliphatic rings. The molecule has 0 bridgehead atoms. The van der Waals surface area contributed by atoms with Gasteiger partial charge in [-0.25, -0.2) is 19.4 Å². The van der Waals surface area contributed by atoms with Gasteiger partial charge in [0.2, 0.25) is 0 Å². The van der Waals surface area contributed by atoms with E-state index < -0.39 is 0 Å². The van der Waals surface area contributed by atoms with Gasteiger partial charge >= 0.3 is 5.97 Å². The SMILES string of the molecule is CCOC(=O)c1ccc(Nc2ncnc3c2cnn3-c2cccc(C)c2)cc1. The molecule has 0 fully saturated rings. The van der Waals surface area contributed by atoms with Crippen LogP contribution in [0.25, 0.3) is 16.7 Å². The van der Waals surface area contributed by atoms with E-state index in [9.17, 15) is 4.79 Å². The third-order valence-corrected chi connectivity index (χ3v) is 4.27. The lowest BCUT2D eigenvalue weighted by Gasteiger charge is -2.08. The standard InChI is InChI=1S/C21H19N5O2/c1-3-28-21(27)15-7-9-16(10-8-15)25-19-18-12-24-26(20(18)23-13-22-19)17-6-4-5-14(2)11-17/h4-13H,3H2,1-2H3,(H,22,23,25). The minimum absolute atomic E-state index is 0.335. The van der Waals surface area contributed by atoms with Crippen molar-refractivity contribution in [1.29, 1.82) is 0 Å². The zero-order valence-corrected chi connectivity index (χ0v) is 15.6. The zero-order chi connectivity index (χ0) is 19.5. The van der Waals surface area contributed by atoms with E-state index in [0.717, 1.165) is 22.3 Å². The monoisotopic (exact) mass is 373 g/mol. The highest BCUT2D eigenvalue weighted by atomic mass is 16.5. The first-order chi connectivity index (χ1) is 13.7. The van der Waals surface area contributed by atoms with Crippen molar-refractivity contribution in [2.24, 2.45) is 0 Å². The molecule has 0 saturated heterocycles. The van der Waals surface area contributed by atoms with E-state index in [1.807, 2.05) is 37.3 Å². The van der Waals surface area contributed by atoms with E-state index in [1.165, 1.54) is 6.33 Å². The van der Waals surface area contributed by atoms with Crippen molar-refractivity contribution in [3.8, 4) is 5.69 Å². The molecular formula is C21H19N5O2. The molecule has 4 rings (SSSR count). The van der Waals surface area contributed by atoms with Crippen molar-refractivity contribution in [2.75, 3.05) is 11.9 Å². The van der Waals surface area contributed by atoms with Crippen LogP contribution in [0, 0.1) is 6.92 Å². The first-order valence-electron chi connectivity index (χ1n) is 8.95. The van der Waals surface area contributed by atoms with Gasteiger partial charge in [-0.05, 0) is 55.8 Å². The van der Waals surface area contributed by atoms with Gasteiger partial charge < -0.3 is 10.1 Å². The second-order valence-corrected chi connectivity index (χ2v) is 6.28. The molecule has 0 atom stereocenters. The van der Waals surface area contributed by atoms with E-state index in [4.69, 9.17) is 4.74 Å². The van der Waals surface area contributed by atoms with Crippen LogP contribution in [0.4, 0.5) is 11.5 Å². The van der Waals surface area contributed by atoms with Crippen molar-refractivity contribution < 1.29 is 9.53 Å². The number of aryl methyl sites for hydroxylation is 1. The molecule has 0 aliphatic heterocycles. The number of benzene rings is 2. The number of carbonyl (C=O) groups excluding carboxylic acids is 1. The average Bonchev–Trinajstić information content (AvgIpc) is 3.14. The summed E-state index contributed by atoms with van der Waals surface area (Å²) in [7, 11) is 0. The first kappa shape index (κ1) is 17.7. The molecule has 2 aromatic carbocycles. The summed E-state index contributed by atoms with van der Waals surface area (Å²) < 4.78 is 6.80. The molecule has 0 aliphatic carbocycles. The van der Waals surface area contributed by atoms with Crippen LogP contribution in [0.2, 0.25) is 0 Å². The minimum Gasteiger partial charge on any atom is -0.462 e. The summed E-state index contributed by atoms with van der Waals surface area (Å²) in [4.78, 5) is 20.5. The van der Waals surface area contributed by atoms with Crippen LogP contribution in [0.5, 0.6) is 0 Å². The summed E-state index contributed by atoms with van der Waals surface area (Å²) in [6, 6.07) is 15.1. The Balaban J connectivity index is 1.64. The fourth-order valence-corrected chi connectivity index (χ4v) is 2.93. The Labute approximate surface area is 162 Å². The summed E-state index contributed by atoms with van der Waals surface area (Å²) in [6.07, 6.45) is 3.25. The maximum absolute atomic E-state index is 11.8. The number of carbonyl (C=O) groups is 1. The minimum atomic E-state index is -0.335. The molecule has 2 heterocycles. The first-order valence-corrected chi connectivity index (χ1v) is 8.95. The van der Waals surface area contributed by atoms with Crippen LogP contribution in [-0.4, -0.2) is 32.3 Å². The molecule has 0 unspecified atom stereocenters. The molecule has 140 valence electrons. The van der Waals surface area contributed by atoms with Gasteiger partial charge in [0.05, 0.1) is 29.4 Å². The summed E-state index contributed by atoms with van der Waals surface area (Å²) in [6.45, 7) is 4.17. The maximum Gasteiger partial charge on any atom is 0.338 e. The fourth-order valence-electron chi connectivity index (χ4n) is 2.93. The summed E-state index contributed by atoms with van der Waals surface area (Å²) in [5.41, 5.74) is 4.11. The Morgan fingerprint density at radius 3 is 2.71 bits per heavy atom. The Morgan fingerprint density at radius 2 is 1.96 bits per heavy atom. The van der Waals surface area contributed by atoms with Crippen molar-refractivity contribution in [3.05, 3.63) is 72.2 Å². The lowest BCUT2D eigenvalue weighted by atomic mass is 10.2. The number of ether oxygens (including phenoxy) is 1. The molecule has 0 radical (unpaired) electrons. The third-order valence-electron chi connectivity index (χ3n) is 4.27. The normalized spacial score (nSPS) is 10.8. The topological polar surface area (TPSA) is 81.9 Å². The van der Waals surface area contributed by atoms with Crippen molar-refractivity contribution >= 4 is 28.5 Å². The van der Waals surface area contributed by atoms with Gasteiger partial charge in [0.1, 0.15) is 12.1 Å². The lowest BCUT2D eigenvalue weighted by Crippen LogP contribution is -2.04. The highest BCUT2D eigenvalue weighted by Gasteiger charge is 2.12. The van der Waals surface area contributed by atoms with Crippen LogP contribution >= 0.6 is 0 Å². The van der Waals surface area contributed by atoms with Crippen LogP contribution < -0.4 is 5.32 Å². The van der Waals surface area contributed by atoms with E-state index in [-0.39, 0.29) is 5.97 Å². The van der Waals surface area contributed by atoms with E-state index in [0.29, 0.717) is 23.6 Å². The number of anilines is 2. The molecular weight excluding hydrogens is 354 g/mol. The highest BCUT2D eigenvalue weighted by Crippen LogP contribution is 2.25. The number of esters is 1. The van der Waals surface area contributed by atoms with Crippen LogP contribution in [0.3, 0.4) is 0 Å². The van der Waals surface area contributed by atoms with Crippen molar-refractivity contribution in [3.63, 3.8) is 0 Å². The quantitative estimate of drug-likeness (QED) is 0.532. The Bertz CT molecular complexity index is 1140. The number of nitrogens with zero attached hydrogens (tertiary/aromatic N) is 4. The van der Waals surface area contributed by atoms with E-state index in [1.54, 1.807) is 29.9 Å². The summed E-state index contributed by atoms with van der Waals surface area (Å²) >= 11 is 0. The summed E-state index contributed by atoms with van der Waals surface area (Å²) in [5.74, 6) is 0.311. The molecule has 7 nitrogen and oxygen atoms in total. The Morgan fingerprint density at radius 1 is 1.14 bits per heavy atom. The van der Waals surface area contributed by atoms with Gasteiger partial charge in [-0.1, -0.05) is 12.1 Å². The summed E-state index contributed by atoms with van der Waals surface area (Å²) in [5, 5.41) is 8.55. The van der Waals surface area contributed by atoms with Gasteiger partial charge in [0.15, 0.2) is 5.65 Å². The van der Waals surface area contributed by atoms with Gasteiger partial charge in [0, 0.05) is 5.69 Å². The number of nitrogens with one attached hydrogen (secondary N) is 1. The maximum atomic E-state index is 11.8. The van der Waals surface area contributed by atoms with Gasteiger partial charge in [-0.15, -0.1) is 0 Å². The van der Waals surface area contributed by atoms with Gasteiger partial charge in [0.25, 0.3) is 0 Å². The van der Waals surface area contributed by atoms with Crippen molar-refractivity contribution in [2.45, 2.75) is 13.8 Å².